The first-order valence-corrected chi connectivity index (χ1v) is 13.7. The standard InChI is InChI=1S/C30H27F4N5O6/c1-16-11-19(38-9-10-45-15-24(38)30(32,33)34)13-21(31)25(16)26(40)36-22(28(42)43)12-17-3-5-18(6-4-17)39-27(41)20-7-8-35-14-23(20)37(2)29(39)44/h3-8,11,13-14,22,24H,9-10,12,15H2,1-2H3,(H,36,40)(H,42,43). The molecule has 2 aromatic carbocycles. The highest BCUT2D eigenvalue weighted by Gasteiger charge is 2.45. The van der Waals surface area contributed by atoms with E-state index in [1.54, 1.807) is 0 Å². The lowest BCUT2D eigenvalue weighted by Crippen LogP contribution is -2.53. The number of carboxylic acid groups (broad SMARTS) is 1. The van der Waals surface area contributed by atoms with Gasteiger partial charge in [0.25, 0.3) is 11.5 Å². The van der Waals surface area contributed by atoms with Gasteiger partial charge in [0, 0.05) is 31.9 Å². The summed E-state index contributed by atoms with van der Waals surface area (Å²) in [6, 6.07) is 5.92. The number of nitrogens with one attached hydrogen (secondary N) is 1. The number of alkyl halides is 3. The lowest BCUT2D eigenvalue weighted by molar-refractivity contribution is -0.167. The average Bonchev–Trinajstić information content (AvgIpc) is 2.99. The number of hydrogen-bond donors (Lipinski definition) is 2. The molecule has 1 amide bonds. The molecule has 4 aromatic rings. The smallest absolute Gasteiger partial charge is 0.411 e. The van der Waals surface area contributed by atoms with Crippen LogP contribution < -0.4 is 21.5 Å². The second kappa shape index (κ2) is 12.1. The van der Waals surface area contributed by atoms with Crippen molar-refractivity contribution in [1.82, 2.24) is 19.4 Å². The zero-order valence-corrected chi connectivity index (χ0v) is 24.0. The summed E-state index contributed by atoms with van der Waals surface area (Å²) in [6.45, 7) is 0.579. The number of nitrogens with zero attached hydrogens (tertiary/aromatic N) is 4. The van der Waals surface area contributed by atoms with Crippen LogP contribution in [0.4, 0.5) is 23.2 Å². The topological polar surface area (TPSA) is 136 Å². The van der Waals surface area contributed by atoms with E-state index < -0.39 is 59.4 Å². The summed E-state index contributed by atoms with van der Waals surface area (Å²) in [6.07, 6.45) is -2.04. The van der Waals surface area contributed by atoms with Crippen LogP contribution in [0.1, 0.15) is 21.5 Å². The molecule has 2 aromatic heterocycles. The number of hydrogen-bond acceptors (Lipinski definition) is 7. The third-order valence-electron chi connectivity index (χ3n) is 7.65. The molecule has 1 aliphatic heterocycles. The number of aromatic nitrogens is 3. The van der Waals surface area contributed by atoms with Gasteiger partial charge in [-0.05, 0) is 48.4 Å². The third-order valence-corrected chi connectivity index (χ3v) is 7.65. The van der Waals surface area contributed by atoms with Crippen LogP contribution in [0.25, 0.3) is 16.6 Å². The number of carbonyl (C=O) groups is 2. The van der Waals surface area contributed by atoms with Gasteiger partial charge >= 0.3 is 17.8 Å². The Bertz CT molecular complexity index is 1880. The largest absolute Gasteiger partial charge is 0.480 e. The van der Waals surface area contributed by atoms with Crippen molar-refractivity contribution in [2.75, 3.05) is 24.7 Å². The molecule has 0 aliphatic carbocycles. The van der Waals surface area contributed by atoms with E-state index in [2.05, 4.69) is 10.3 Å². The number of carbonyl (C=O) groups excluding carboxylic acids is 1. The maximum atomic E-state index is 15.2. The fourth-order valence-electron chi connectivity index (χ4n) is 5.33. The normalized spacial score (nSPS) is 16.0. The summed E-state index contributed by atoms with van der Waals surface area (Å²) < 4.78 is 63.0. The van der Waals surface area contributed by atoms with Crippen molar-refractivity contribution in [3.63, 3.8) is 0 Å². The van der Waals surface area contributed by atoms with Gasteiger partial charge in [0.2, 0.25) is 0 Å². The molecule has 15 heteroatoms. The second-order valence-corrected chi connectivity index (χ2v) is 10.6. The van der Waals surface area contributed by atoms with Crippen LogP contribution in [-0.4, -0.2) is 69.1 Å². The van der Waals surface area contributed by atoms with E-state index in [1.807, 2.05) is 0 Å². The zero-order valence-electron chi connectivity index (χ0n) is 24.0. The van der Waals surface area contributed by atoms with Crippen LogP contribution in [0, 0.1) is 12.7 Å². The van der Waals surface area contributed by atoms with E-state index in [0.29, 0.717) is 11.1 Å². The lowest BCUT2D eigenvalue weighted by atomic mass is 10.0. The number of pyridine rings is 1. The summed E-state index contributed by atoms with van der Waals surface area (Å²) in [5.41, 5.74) is -0.753. The maximum absolute atomic E-state index is 15.2. The number of amides is 1. The van der Waals surface area contributed by atoms with Gasteiger partial charge in [-0.2, -0.15) is 13.2 Å². The van der Waals surface area contributed by atoms with Crippen LogP contribution in [0.3, 0.4) is 0 Å². The quantitative estimate of drug-likeness (QED) is 0.298. The number of morpholine rings is 1. The molecule has 2 unspecified atom stereocenters. The molecular weight excluding hydrogens is 602 g/mol. The van der Waals surface area contributed by atoms with Gasteiger partial charge in [0.1, 0.15) is 17.9 Å². The van der Waals surface area contributed by atoms with Crippen molar-refractivity contribution >= 4 is 28.5 Å². The summed E-state index contributed by atoms with van der Waals surface area (Å²) in [5, 5.41) is 12.3. The number of aryl methyl sites for hydroxylation is 2. The van der Waals surface area contributed by atoms with Gasteiger partial charge in [-0.3, -0.25) is 19.1 Å². The highest BCUT2D eigenvalue weighted by molar-refractivity contribution is 5.98. The molecule has 45 heavy (non-hydrogen) atoms. The lowest BCUT2D eigenvalue weighted by Gasteiger charge is -2.38. The SMILES string of the molecule is Cc1cc(N2CCOCC2C(F)(F)F)cc(F)c1C(=O)NC(Cc1ccc(-n2c(=O)c3ccncc3n(C)c2=O)cc1)C(=O)O. The summed E-state index contributed by atoms with van der Waals surface area (Å²) >= 11 is 0. The molecule has 236 valence electrons. The highest BCUT2D eigenvalue weighted by atomic mass is 19.4. The number of benzene rings is 2. The first-order chi connectivity index (χ1) is 21.3. The van der Waals surface area contributed by atoms with Crippen LogP contribution in [0.2, 0.25) is 0 Å². The molecule has 2 atom stereocenters. The van der Waals surface area contributed by atoms with Gasteiger partial charge < -0.3 is 20.1 Å². The monoisotopic (exact) mass is 629 g/mol. The number of anilines is 1. The van der Waals surface area contributed by atoms with Gasteiger partial charge in [-0.1, -0.05) is 12.1 Å². The summed E-state index contributed by atoms with van der Waals surface area (Å²) in [4.78, 5) is 56.0. The number of ether oxygens (including phenoxy) is 1. The summed E-state index contributed by atoms with van der Waals surface area (Å²) in [7, 11) is 1.50. The van der Waals surface area contributed by atoms with Crippen LogP contribution in [-0.2, 0) is 23.0 Å². The molecule has 0 bridgehead atoms. The Labute approximate surface area is 252 Å². The van der Waals surface area contributed by atoms with Crippen molar-refractivity contribution in [2.45, 2.75) is 31.6 Å². The molecule has 0 radical (unpaired) electrons. The van der Waals surface area contributed by atoms with Crippen molar-refractivity contribution in [3.05, 3.63) is 98.2 Å². The number of halogens is 4. The number of aliphatic carboxylic acids is 1. The zero-order chi connectivity index (χ0) is 32.6. The Morgan fingerprint density at radius 3 is 2.49 bits per heavy atom. The molecule has 1 saturated heterocycles. The van der Waals surface area contributed by atoms with E-state index >= 15 is 4.39 Å². The molecule has 1 aliphatic rings. The van der Waals surface area contributed by atoms with Crippen molar-refractivity contribution < 1.29 is 37.0 Å². The average molecular weight is 630 g/mol. The van der Waals surface area contributed by atoms with Crippen molar-refractivity contribution in [3.8, 4) is 5.69 Å². The van der Waals surface area contributed by atoms with Crippen molar-refractivity contribution in [2.24, 2.45) is 7.05 Å². The minimum absolute atomic E-state index is 0.00409. The predicted molar refractivity (Wildman–Crippen MR) is 154 cm³/mol. The molecule has 2 N–H and O–H groups in total. The Morgan fingerprint density at radius 2 is 1.84 bits per heavy atom. The molecule has 0 spiro atoms. The Morgan fingerprint density at radius 1 is 1.13 bits per heavy atom. The van der Waals surface area contributed by atoms with Gasteiger partial charge in [-0.15, -0.1) is 0 Å². The van der Waals surface area contributed by atoms with E-state index in [4.69, 9.17) is 4.74 Å². The highest BCUT2D eigenvalue weighted by Crippen LogP contribution is 2.33. The Hall–Kier alpha value is -5.05. The molecule has 1 fully saturated rings. The predicted octanol–water partition coefficient (Wildman–Crippen LogP) is 2.73. The minimum atomic E-state index is -4.63. The van der Waals surface area contributed by atoms with Gasteiger partial charge in [0.05, 0.1) is 41.6 Å². The van der Waals surface area contributed by atoms with Gasteiger partial charge in [-0.25, -0.2) is 18.5 Å². The number of carboxylic acids is 1. The van der Waals surface area contributed by atoms with Crippen LogP contribution >= 0.6 is 0 Å². The van der Waals surface area contributed by atoms with Crippen LogP contribution in [0.15, 0.2) is 64.4 Å². The van der Waals surface area contributed by atoms with E-state index in [-0.39, 0.29) is 41.9 Å². The maximum Gasteiger partial charge on any atom is 0.411 e. The molecule has 11 nitrogen and oxygen atoms in total. The van der Waals surface area contributed by atoms with Crippen LogP contribution in [0.5, 0.6) is 0 Å². The number of rotatable bonds is 7. The van der Waals surface area contributed by atoms with Crippen molar-refractivity contribution in [1.29, 1.82) is 0 Å². The third kappa shape index (κ3) is 6.16. The fraction of sp³-hybridized carbons (Fsp3) is 0.300. The molecule has 0 saturated carbocycles. The van der Waals surface area contributed by atoms with E-state index in [0.717, 1.165) is 15.5 Å². The van der Waals surface area contributed by atoms with E-state index in [1.165, 1.54) is 67.3 Å². The summed E-state index contributed by atoms with van der Waals surface area (Å²) in [5.74, 6) is -3.59. The molecule has 5 rings (SSSR count). The van der Waals surface area contributed by atoms with Gasteiger partial charge in [0.15, 0.2) is 0 Å². The number of fused-ring (bicyclic) bond motifs is 1. The second-order valence-electron chi connectivity index (χ2n) is 10.6. The minimum Gasteiger partial charge on any atom is -0.480 e. The first kappa shape index (κ1) is 31.4. The van der Waals surface area contributed by atoms with E-state index in [9.17, 15) is 37.5 Å². The molecule has 3 heterocycles. The first-order valence-electron chi connectivity index (χ1n) is 13.7. The Kier molecular flexibility index (Phi) is 8.47. The fourth-order valence-corrected chi connectivity index (χ4v) is 5.33. The molecular formula is C30H27F4N5O6. The Balaban J connectivity index is 1.36.